The van der Waals surface area contributed by atoms with Crippen molar-refractivity contribution in [2.24, 2.45) is 0 Å². The van der Waals surface area contributed by atoms with Crippen LogP contribution < -0.4 is 15.0 Å². The zero-order chi connectivity index (χ0) is 25.0. The number of benzene rings is 1. The number of ether oxygens (including phenoxy) is 2. The Morgan fingerprint density at radius 3 is 2.26 bits per heavy atom. The molecule has 2 aromatic rings. The molecule has 2 heterocycles. The quantitative estimate of drug-likeness (QED) is 0.562. The lowest BCUT2D eigenvalue weighted by atomic mass is 10.1. The second-order valence-corrected chi connectivity index (χ2v) is 10.1. The second kappa shape index (κ2) is 10.3. The highest BCUT2D eigenvalue weighted by molar-refractivity contribution is 7.92. The minimum absolute atomic E-state index is 0.00305. The summed E-state index contributed by atoms with van der Waals surface area (Å²) in [5.74, 6) is -0.150. The van der Waals surface area contributed by atoms with Gasteiger partial charge in [-0.25, -0.2) is 13.2 Å². The summed E-state index contributed by atoms with van der Waals surface area (Å²) in [6.45, 7) is 1.97. The number of aromatic hydroxyl groups is 1. The Morgan fingerprint density at radius 2 is 1.76 bits per heavy atom. The average molecular weight is 496 g/mol. The molecule has 3 rings (SSSR count). The number of amides is 1. The molecule has 1 fully saturated rings. The van der Waals surface area contributed by atoms with Gasteiger partial charge in [0, 0.05) is 19.5 Å². The smallest absolute Gasteiger partial charge is 0.407 e. The number of para-hydroxylation sites is 1. The fourth-order valence-electron chi connectivity index (χ4n) is 4.10. The third kappa shape index (κ3) is 4.67. The van der Waals surface area contributed by atoms with Crippen LogP contribution in [0.3, 0.4) is 0 Å². The van der Waals surface area contributed by atoms with Crippen molar-refractivity contribution in [3.05, 3.63) is 34.4 Å². The summed E-state index contributed by atoms with van der Waals surface area (Å²) in [7, 11) is -1.50. The Bertz CT molecular complexity index is 1200. The molecule has 1 amide bonds. The molecule has 0 radical (unpaired) electrons. The number of hydrogen-bond acceptors (Lipinski definition) is 8. The largest absolute Gasteiger partial charge is 0.494 e. The maximum Gasteiger partial charge on any atom is 0.407 e. The molecule has 34 heavy (non-hydrogen) atoms. The fraction of sp³-hybridized carbons (Fsp3) is 0.500. The normalized spacial score (nSPS) is 14.7. The van der Waals surface area contributed by atoms with Crippen LogP contribution in [0.5, 0.6) is 17.4 Å². The first-order chi connectivity index (χ1) is 16.2. The van der Waals surface area contributed by atoms with Crippen LogP contribution >= 0.6 is 0 Å². The molecule has 186 valence electrons. The van der Waals surface area contributed by atoms with Gasteiger partial charge in [-0.1, -0.05) is 19.4 Å². The minimum atomic E-state index is -4.33. The number of unbranched alkanes of at least 4 members (excludes halogenated alkanes) is 1. The summed E-state index contributed by atoms with van der Waals surface area (Å²) in [5.41, 5.74) is -0.768. The average Bonchev–Trinajstić information content (AvgIpc) is 2.82. The number of sulfone groups is 1. The van der Waals surface area contributed by atoms with E-state index in [0.717, 1.165) is 15.9 Å². The maximum absolute atomic E-state index is 13.7. The third-order valence-corrected chi connectivity index (χ3v) is 8.18. The summed E-state index contributed by atoms with van der Waals surface area (Å²) in [5, 5.41) is 18.7. The van der Waals surface area contributed by atoms with Crippen LogP contribution in [0.1, 0.15) is 38.4 Å². The van der Waals surface area contributed by atoms with Crippen molar-refractivity contribution in [1.82, 2.24) is 14.5 Å². The maximum atomic E-state index is 13.7. The summed E-state index contributed by atoms with van der Waals surface area (Å²) in [6.07, 6.45) is 0.598. The van der Waals surface area contributed by atoms with Crippen LogP contribution in [0.2, 0.25) is 0 Å². The van der Waals surface area contributed by atoms with E-state index in [1.165, 1.54) is 14.2 Å². The lowest BCUT2D eigenvalue weighted by Crippen LogP contribution is -2.43. The summed E-state index contributed by atoms with van der Waals surface area (Å²) in [4.78, 5) is 29.4. The molecule has 1 aromatic heterocycles. The van der Waals surface area contributed by atoms with Crippen molar-refractivity contribution >= 4 is 15.9 Å². The lowest BCUT2D eigenvalue weighted by molar-refractivity contribution is 0.136. The van der Waals surface area contributed by atoms with E-state index in [4.69, 9.17) is 14.6 Å². The van der Waals surface area contributed by atoms with Gasteiger partial charge in [0.25, 0.3) is 5.56 Å². The zero-order valence-corrected chi connectivity index (χ0v) is 20.2. The molecule has 0 aliphatic carbocycles. The highest BCUT2D eigenvalue weighted by Gasteiger charge is 2.38. The van der Waals surface area contributed by atoms with E-state index in [1.54, 1.807) is 18.2 Å². The molecule has 1 aromatic carbocycles. The molecule has 0 bridgehead atoms. The highest BCUT2D eigenvalue weighted by Crippen LogP contribution is 2.34. The van der Waals surface area contributed by atoms with Crippen molar-refractivity contribution < 1.29 is 32.9 Å². The van der Waals surface area contributed by atoms with Gasteiger partial charge in [0.1, 0.15) is 23.0 Å². The molecule has 0 spiro atoms. The number of nitrogens with zero attached hydrogens (tertiary/aromatic N) is 3. The first-order valence-electron chi connectivity index (χ1n) is 10.9. The third-order valence-electron chi connectivity index (χ3n) is 5.91. The van der Waals surface area contributed by atoms with Crippen molar-refractivity contribution in [2.75, 3.05) is 27.3 Å². The highest BCUT2D eigenvalue weighted by atomic mass is 32.2. The van der Waals surface area contributed by atoms with E-state index in [1.807, 2.05) is 6.92 Å². The Morgan fingerprint density at radius 1 is 1.18 bits per heavy atom. The number of aromatic nitrogens is 2. The second-order valence-electron chi connectivity index (χ2n) is 7.95. The van der Waals surface area contributed by atoms with Gasteiger partial charge in [0.05, 0.1) is 19.5 Å². The van der Waals surface area contributed by atoms with E-state index in [9.17, 15) is 23.1 Å². The molecule has 1 aliphatic heterocycles. The number of methoxy groups -OCH3 is 2. The monoisotopic (exact) mass is 495 g/mol. The fourth-order valence-corrected chi connectivity index (χ4v) is 5.90. The van der Waals surface area contributed by atoms with Crippen LogP contribution in [-0.2, 0) is 16.3 Å². The zero-order valence-electron chi connectivity index (χ0n) is 19.4. The Kier molecular flexibility index (Phi) is 7.70. The molecular formula is C22H29N3O8S. The number of carboxylic acid groups (broad SMARTS) is 1. The van der Waals surface area contributed by atoms with Gasteiger partial charge < -0.3 is 24.6 Å². The number of aryl methyl sites for hydroxylation is 1. The summed E-state index contributed by atoms with van der Waals surface area (Å²) < 4.78 is 38.9. The number of carbonyl (C=O) groups is 1. The standard InChI is InChI=1S/C22H29N3O8S/c1-4-5-9-17-23-20(26)19(34(30,31)14-10-12-24(13-11-14)22(28)29)21(27)25(17)18-15(32-2)7-6-8-16(18)33-3/h6-8,14,26H,4-5,9-13H2,1-3H3,(H,28,29). The van der Waals surface area contributed by atoms with Crippen LogP contribution in [0.25, 0.3) is 5.69 Å². The van der Waals surface area contributed by atoms with Crippen LogP contribution in [0, 0.1) is 0 Å². The number of hydrogen-bond donors (Lipinski definition) is 2. The molecule has 0 atom stereocenters. The molecule has 0 unspecified atom stereocenters. The number of likely N-dealkylation sites (tertiary alicyclic amines) is 1. The molecule has 1 saturated heterocycles. The lowest BCUT2D eigenvalue weighted by Gasteiger charge is -2.29. The van der Waals surface area contributed by atoms with Crippen molar-refractivity contribution in [2.45, 2.75) is 49.2 Å². The van der Waals surface area contributed by atoms with Gasteiger partial charge >= 0.3 is 6.09 Å². The number of piperidine rings is 1. The Balaban J connectivity index is 2.23. The van der Waals surface area contributed by atoms with Crippen LogP contribution in [0.15, 0.2) is 27.9 Å². The topological polar surface area (TPSA) is 148 Å². The summed E-state index contributed by atoms with van der Waals surface area (Å²) in [6, 6.07) is 4.88. The van der Waals surface area contributed by atoms with E-state index in [-0.39, 0.29) is 48.9 Å². The van der Waals surface area contributed by atoms with Crippen LogP contribution in [-0.4, -0.2) is 71.7 Å². The molecular weight excluding hydrogens is 466 g/mol. The Labute approximate surface area is 197 Å². The van der Waals surface area contributed by atoms with Gasteiger partial charge in [0.15, 0.2) is 14.7 Å². The van der Waals surface area contributed by atoms with Crippen molar-refractivity contribution in [3.8, 4) is 23.1 Å². The van der Waals surface area contributed by atoms with E-state index in [2.05, 4.69) is 4.98 Å². The van der Waals surface area contributed by atoms with E-state index in [0.29, 0.717) is 12.8 Å². The van der Waals surface area contributed by atoms with Gasteiger partial charge in [-0.2, -0.15) is 4.98 Å². The van der Waals surface area contributed by atoms with Gasteiger partial charge in [-0.05, 0) is 31.4 Å². The predicted octanol–water partition coefficient (Wildman–Crippen LogP) is 2.21. The van der Waals surface area contributed by atoms with Gasteiger partial charge in [-0.3, -0.25) is 9.36 Å². The molecule has 1 aliphatic rings. The van der Waals surface area contributed by atoms with E-state index >= 15 is 0 Å². The van der Waals surface area contributed by atoms with E-state index < -0.39 is 37.5 Å². The van der Waals surface area contributed by atoms with Gasteiger partial charge in [-0.15, -0.1) is 0 Å². The van der Waals surface area contributed by atoms with Crippen molar-refractivity contribution in [1.29, 1.82) is 0 Å². The van der Waals surface area contributed by atoms with Crippen molar-refractivity contribution in [3.63, 3.8) is 0 Å². The molecule has 2 N–H and O–H groups in total. The molecule has 0 saturated carbocycles. The summed E-state index contributed by atoms with van der Waals surface area (Å²) >= 11 is 0. The first-order valence-corrected chi connectivity index (χ1v) is 12.5. The Hall–Kier alpha value is -3.28. The SMILES string of the molecule is CCCCc1nc(O)c(S(=O)(=O)C2CCN(C(=O)O)CC2)c(=O)n1-c1c(OC)cccc1OC. The molecule has 12 heteroatoms. The van der Waals surface area contributed by atoms with Crippen LogP contribution in [0.4, 0.5) is 4.79 Å². The number of rotatable bonds is 8. The van der Waals surface area contributed by atoms with Gasteiger partial charge in [0.2, 0.25) is 5.88 Å². The molecule has 11 nitrogen and oxygen atoms in total. The predicted molar refractivity (Wildman–Crippen MR) is 123 cm³/mol. The first kappa shape index (κ1) is 25.3. The minimum Gasteiger partial charge on any atom is -0.494 e.